The fourth-order valence-electron chi connectivity index (χ4n) is 3.74. The van der Waals surface area contributed by atoms with E-state index in [1.165, 1.54) is 16.7 Å². The number of hydrogen-bond acceptors (Lipinski definition) is 1. The third kappa shape index (κ3) is 3.92. The van der Waals surface area contributed by atoms with Crippen molar-refractivity contribution in [1.82, 2.24) is 9.13 Å². The number of para-hydroxylation sites is 1. The first kappa shape index (κ1) is 20.0. The lowest BCUT2D eigenvalue weighted by atomic mass is 10.2. The predicted octanol–water partition coefficient (Wildman–Crippen LogP) is 4.92. The molecule has 2 aromatic rings. The summed E-state index contributed by atoms with van der Waals surface area (Å²) in [5.74, 6) is 0. The molecule has 0 aliphatic rings. The minimum Gasteiger partial charge on any atom is -0.317 e. The molecule has 3 nitrogen and oxygen atoms in total. The molecule has 1 heterocycles. The molecular weight excluding hydrogens is 325 g/mol. The molecule has 0 saturated heterocycles. The van der Waals surface area contributed by atoms with Gasteiger partial charge in [0, 0.05) is 30.8 Å². The van der Waals surface area contributed by atoms with Crippen molar-refractivity contribution < 1.29 is 0 Å². The van der Waals surface area contributed by atoms with Crippen molar-refractivity contribution >= 4 is 18.9 Å². The first-order chi connectivity index (χ1) is 11.4. The normalized spacial score (nSPS) is 12.8. The molecule has 0 N–H and O–H groups in total. The van der Waals surface area contributed by atoms with Gasteiger partial charge in [0.25, 0.3) is 0 Å². The molecule has 138 valence electrons. The second kappa shape index (κ2) is 6.76. The zero-order chi connectivity index (χ0) is 19.2. The van der Waals surface area contributed by atoms with Gasteiger partial charge in [-0.1, -0.05) is 67.7 Å². The molecular formula is C21H34N3P. The molecule has 0 aliphatic carbocycles. The molecule has 0 unspecified atom stereocenters. The maximum absolute atomic E-state index is 5.11. The second-order valence-corrected chi connectivity index (χ2v) is 12.7. The Morgan fingerprint density at radius 1 is 0.800 bits per heavy atom. The van der Waals surface area contributed by atoms with Crippen LogP contribution in [0.3, 0.4) is 0 Å². The van der Waals surface area contributed by atoms with Gasteiger partial charge in [-0.2, -0.15) is 0 Å². The van der Waals surface area contributed by atoms with Crippen LogP contribution in [0.2, 0.25) is 0 Å². The average molecular weight is 359 g/mol. The number of imidazole rings is 1. The molecule has 0 bridgehead atoms. The van der Waals surface area contributed by atoms with E-state index in [-0.39, 0.29) is 18.2 Å². The number of hydrogen-bond donors (Lipinski definition) is 0. The molecule has 1 aromatic heterocycles. The maximum Gasteiger partial charge on any atom is 0.210 e. The standard InChI is InChI=1S/C21H34N3P/c1-15-16(2)24(10)19(23(15)9)22-17-13-11-12-14-18(17)25(20(3,4)5)21(6,7)8/h11-14H,1-10H3. The van der Waals surface area contributed by atoms with E-state index >= 15 is 0 Å². The van der Waals surface area contributed by atoms with Gasteiger partial charge in [-0.05, 0) is 30.2 Å². The molecule has 0 fully saturated rings. The summed E-state index contributed by atoms with van der Waals surface area (Å²) in [7, 11) is 3.81. The molecule has 0 radical (unpaired) electrons. The van der Waals surface area contributed by atoms with Crippen LogP contribution in [0.1, 0.15) is 52.9 Å². The molecule has 2 rings (SSSR count). The molecule has 0 saturated carbocycles. The van der Waals surface area contributed by atoms with Gasteiger partial charge in [0.2, 0.25) is 5.62 Å². The molecule has 0 amide bonds. The summed E-state index contributed by atoms with van der Waals surface area (Å²) in [5.41, 5.74) is 4.62. The Morgan fingerprint density at radius 3 is 1.68 bits per heavy atom. The zero-order valence-corrected chi connectivity index (χ0v) is 18.5. The lowest BCUT2D eigenvalue weighted by Gasteiger charge is -2.42. The molecule has 0 atom stereocenters. The summed E-state index contributed by atoms with van der Waals surface area (Å²) in [5, 5.41) is 1.84. The zero-order valence-electron chi connectivity index (χ0n) is 17.6. The topological polar surface area (TPSA) is 22.2 Å². The van der Waals surface area contributed by atoms with Crippen LogP contribution in [0.5, 0.6) is 0 Å². The molecule has 4 heteroatoms. The van der Waals surface area contributed by atoms with E-state index < -0.39 is 0 Å². The van der Waals surface area contributed by atoms with Crippen LogP contribution in [0.15, 0.2) is 29.3 Å². The summed E-state index contributed by atoms with van der Waals surface area (Å²) in [6.07, 6.45) is 0. The third-order valence-electron chi connectivity index (χ3n) is 4.81. The summed E-state index contributed by atoms with van der Waals surface area (Å²) in [4.78, 5) is 5.11. The van der Waals surface area contributed by atoms with Crippen molar-refractivity contribution in [2.24, 2.45) is 19.1 Å². The van der Waals surface area contributed by atoms with E-state index in [0.29, 0.717) is 0 Å². The lowest BCUT2D eigenvalue weighted by Crippen LogP contribution is -2.31. The van der Waals surface area contributed by atoms with Crippen molar-refractivity contribution in [3.63, 3.8) is 0 Å². The Hall–Kier alpha value is -1.34. The van der Waals surface area contributed by atoms with Gasteiger partial charge in [-0.25, -0.2) is 4.99 Å². The van der Waals surface area contributed by atoms with Crippen molar-refractivity contribution in [2.45, 2.75) is 65.7 Å². The van der Waals surface area contributed by atoms with Crippen LogP contribution in [0.25, 0.3) is 0 Å². The van der Waals surface area contributed by atoms with Crippen LogP contribution in [0, 0.1) is 13.8 Å². The predicted molar refractivity (Wildman–Crippen MR) is 112 cm³/mol. The van der Waals surface area contributed by atoms with Gasteiger partial charge >= 0.3 is 0 Å². The van der Waals surface area contributed by atoms with Crippen molar-refractivity contribution in [1.29, 1.82) is 0 Å². The van der Waals surface area contributed by atoms with E-state index in [1.54, 1.807) is 0 Å². The first-order valence-corrected chi connectivity index (χ1v) is 10.3. The Morgan fingerprint density at radius 2 is 1.24 bits per heavy atom. The number of nitrogens with zero attached hydrogens (tertiary/aromatic N) is 3. The van der Waals surface area contributed by atoms with Gasteiger partial charge in [0.1, 0.15) is 0 Å². The van der Waals surface area contributed by atoms with Crippen LogP contribution in [-0.2, 0) is 14.1 Å². The molecule has 25 heavy (non-hydrogen) atoms. The fraction of sp³-hybridized carbons (Fsp3) is 0.571. The summed E-state index contributed by atoms with van der Waals surface area (Å²) >= 11 is 0. The van der Waals surface area contributed by atoms with E-state index in [0.717, 1.165) is 11.3 Å². The number of benzene rings is 1. The minimum atomic E-state index is -0.387. The number of aromatic nitrogens is 2. The average Bonchev–Trinajstić information content (AvgIpc) is 2.64. The Labute approximate surface area is 154 Å². The van der Waals surface area contributed by atoms with Crippen molar-refractivity contribution in [3.05, 3.63) is 41.3 Å². The van der Waals surface area contributed by atoms with E-state index in [1.807, 2.05) is 0 Å². The number of rotatable bonds is 2. The maximum atomic E-state index is 5.11. The van der Waals surface area contributed by atoms with Gasteiger partial charge in [0.15, 0.2) is 0 Å². The third-order valence-corrected chi connectivity index (χ3v) is 8.36. The van der Waals surface area contributed by atoms with E-state index in [9.17, 15) is 0 Å². The Kier molecular flexibility index (Phi) is 5.40. The van der Waals surface area contributed by atoms with Crippen molar-refractivity contribution in [3.8, 4) is 0 Å². The molecule has 0 spiro atoms. The van der Waals surface area contributed by atoms with Crippen LogP contribution < -0.4 is 10.9 Å². The van der Waals surface area contributed by atoms with Crippen LogP contribution in [0.4, 0.5) is 5.69 Å². The Bertz CT molecular complexity index is 784. The quantitative estimate of drug-likeness (QED) is 0.680. The van der Waals surface area contributed by atoms with Gasteiger partial charge in [-0.15, -0.1) is 0 Å². The van der Waals surface area contributed by atoms with Crippen LogP contribution in [-0.4, -0.2) is 19.4 Å². The highest BCUT2D eigenvalue weighted by Gasteiger charge is 2.36. The van der Waals surface area contributed by atoms with Gasteiger partial charge in [-0.3, -0.25) is 0 Å². The van der Waals surface area contributed by atoms with Gasteiger partial charge in [0.05, 0.1) is 5.69 Å². The molecule has 1 aromatic carbocycles. The minimum absolute atomic E-state index is 0.224. The monoisotopic (exact) mass is 359 g/mol. The SMILES string of the molecule is Cc1c(C)n(C)c(=Nc2ccccc2P(C(C)(C)C)C(C)(C)C)n1C. The summed E-state index contributed by atoms with van der Waals surface area (Å²) in [6.45, 7) is 18.5. The summed E-state index contributed by atoms with van der Waals surface area (Å²) in [6, 6.07) is 8.70. The highest BCUT2D eigenvalue weighted by atomic mass is 31.1. The lowest BCUT2D eigenvalue weighted by molar-refractivity contribution is 0.714. The fourth-order valence-corrected chi connectivity index (χ4v) is 7.79. The van der Waals surface area contributed by atoms with E-state index in [2.05, 4.69) is 103 Å². The van der Waals surface area contributed by atoms with E-state index in [4.69, 9.17) is 4.99 Å². The molecule has 0 aliphatic heterocycles. The summed E-state index contributed by atoms with van der Waals surface area (Å²) < 4.78 is 4.37. The highest BCUT2D eigenvalue weighted by Crippen LogP contribution is 2.59. The second-order valence-electron chi connectivity index (χ2n) is 8.87. The largest absolute Gasteiger partial charge is 0.317 e. The first-order valence-electron chi connectivity index (χ1n) is 8.98. The highest BCUT2D eigenvalue weighted by molar-refractivity contribution is 7.68. The van der Waals surface area contributed by atoms with Crippen LogP contribution >= 0.6 is 7.92 Å². The smallest absolute Gasteiger partial charge is 0.210 e. The van der Waals surface area contributed by atoms with Gasteiger partial charge < -0.3 is 9.13 Å². The van der Waals surface area contributed by atoms with Crippen molar-refractivity contribution in [2.75, 3.05) is 0 Å². The Balaban J connectivity index is 2.76.